The lowest BCUT2D eigenvalue weighted by Gasteiger charge is -2.10. The highest BCUT2D eigenvalue weighted by atomic mass is 35.5. The molecule has 0 aliphatic carbocycles. The van der Waals surface area contributed by atoms with Crippen molar-refractivity contribution in [3.8, 4) is 0 Å². The van der Waals surface area contributed by atoms with Crippen LogP contribution < -0.4 is 16.2 Å². The molecule has 2 aromatic carbocycles. The van der Waals surface area contributed by atoms with E-state index < -0.39 is 0 Å². The summed E-state index contributed by atoms with van der Waals surface area (Å²) < 4.78 is 1.24. The summed E-state index contributed by atoms with van der Waals surface area (Å²) in [5.41, 5.74) is 3.24. The van der Waals surface area contributed by atoms with Crippen molar-refractivity contribution in [3.63, 3.8) is 0 Å². The van der Waals surface area contributed by atoms with Gasteiger partial charge in [-0.25, -0.2) is 4.98 Å². The minimum absolute atomic E-state index is 0.215. The Labute approximate surface area is 199 Å². The topological polar surface area (TPSA) is 93.1 Å². The monoisotopic (exact) mass is 480 g/mol. The van der Waals surface area contributed by atoms with Crippen LogP contribution in [0.25, 0.3) is 10.2 Å². The number of rotatable bonds is 5. The molecule has 4 rings (SSSR count). The lowest BCUT2D eigenvalue weighted by molar-refractivity contribution is -0.116. The number of hydrogen-bond donors (Lipinski definition) is 2. The molecular weight excluding hydrogens is 460 g/mol. The van der Waals surface area contributed by atoms with Crippen LogP contribution in [0, 0.1) is 20.8 Å². The average molecular weight is 481 g/mol. The van der Waals surface area contributed by atoms with Crippen molar-refractivity contribution in [3.05, 3.63) is 85.7 Å². The van der Waals surface area contributed by atoms with Gasteiger partial charge in [0.15, 0.2) is 0 Å². The Morgan fingerprint density at radius 2 is 1.76 bits per heavy atom. The summed E-state index contributed by atoms with van der Waals surface area (Å²) in [5.74, 6) is -0.682. The molecule has 0 aliphatic heterocycles. The van der Waals surface area contributed by atoms with E-state index in [0.29, 0.717) is 37.1 Å². The number of aromatic nitrogens is 2. The highest BCUT2D eigenvalue weighted by Crippen LogP contribution is 2.28. The third-order valence-corrected chi connectivity index (χ3v) is 6.74. The standard InChI is InChI=1S/C24H21ClN4O3S/c1-13-6-4-5-7-17(13)28-22(31)21-15(3)20-23(33-21)26-12-29(24(20)32)11-19(30)27-18-10-16(25)9-8-14(18)2/h4-10,12H,11H2,1-3H3,(H,27,30)(H,28,31). The molecule has 2 aromatic heterocycles. The molecule has 2 N–H and O–H groups in total. The number of anilines is 2. The van der Waals surface area contributed by atoms with Gasteiger partial charge in [-0.2, -0.15) is 0 Å². The summed E-state index contributed by atoms with van der Waals surface area (Å²) in [7, 11) is 0. The lowest BCUT2D eigenvalue weighted by atomic mass is 10.2. The van der Waals surface area contributed by atoms with Crippen molar-refractivity contribution in [2.45, 2.75) is 27.3 Å². The Morgan fingerprint density at radius 3 is 2.52 bits per heavy atom. The van der Waals surface area contributed by atoms with Crippen LogP contribution in [0.3, 0.4) is 0 Å². The van der Waals surface area contributed by atoms with E-state index >= 15 is 0 Å². The van der Waals surface area contributed by atoms with Crippen LogP contribution in [0.1, 0.15) is 26.4 Å². The fraction of sp³-hybridized carbons (Fsp3) is 0.167. The molecule has 0 aliphatic rings. The predicted octanol–water partition coefficient (Wildman–Crippen LogP) is 4.93. The molecule has 0 unspecified atom stereocenters. The van der Waals surface area contributed by atoms with Crippen molar-refractivity contribution in [1.82, 2.24) is 9.55 Å². The van der Waals surface area contributed by atoms with Gasteiger partial charge in [-0.1, -0.05) is 35.9 Å². The Morgan fingerprint density at radius 1 is 1.03 bits per heavy atom. The average Bonchev–Trinajstić information content (AvgIpc) is 3.11. The second kappa shape index (κ2) is 9.17. The summed E-state index contributed by atoms with van der Waals surface area (Å²) in [5, 5.41) is 6.50. The predicted molar refractivity (Wildman–Crippen MR) is 133 cm³/mol. The first-order valence-electron chi connectivity index (χ1n) is 10.2. The van der Waals surface area contributed by atoms with Crippen molar-refractivity contribution >= 4 is 56.3 Å². The largest absolute Gasteiger partial charge is 0.324 e. The maximum atomic E-state index is 13.1. The molecule has 168 valence electrons. The van der Waals surface area contributed by atoms with Crippen LogP contribution in [-0.4, -0.2) is 21.4 Å². The summed E-state index contributed by atoms with van der Waals surface area (Å²) in [6, 6.07) is 12.7. The number of para-hydroxylation sites is 1. The minimum atomic E-state index is -0.381. The third-order valence-electron chi connectivity index (χ3n) is 5.30. The number of thiophene rings is 1. The van der Waals surface area contributed by atoms with Gasteiger partial charge in [0, 0.05) is 16.4 Å². The summed E-state index contributed by atoms with van der Waals surface area (Å²) in [6.07, 6.45) is 1.33. The molecule has 7 nitrogen and oxygen atoms in total. The van der Waals surface area contributed by atoms with Crippen LogP contribution in [0.15, 0.2) is 53.6 Å². The number of aryl methyl sites for hydroxylation is 3. The first kappa shape index (κ1) is 22.7. The Hall–Kier alpha value is -3.49. The first-order chi connectivity index (χ1) is 15.7. The maximum absolute atomic E-state index is 13.1. The van der Waals surface area contributed by atoms with Crippen LogP contribution in [-0.2, 0) is 11.3 Å². The summed E-state index contributed by atoms with van der Waals surface area (Å²) >= 11 is 7.16. The molecular formula is C24H21ClN4O3S. The number of carbonyl (C=O) groups excluding carboxylic acids is 2. The zero-order valence-corrected chi connectivity index (χ0v) is 19.8. The van der Waals surface area contributed by atoms with Crippen LogP contribution in [0.4, 0.5) is 11.4 Å². The molecule has 9 heteroatoms. The molecule has 0 saturated heterocycles. The molecule has 0 radical (unpaired) electrons. The number of hydrogen-bond acceptors (Lipinski definition) is 5. The van der Waals surface area contributed by atoms with Gasteiger partial charge in [-0.3, -0.25) is 19.0 Å². The maximum Gasteiger partial charge on any atom is 0.266 e. The first-order valence-corrected chi connectivity index (χ1v) is 11.4. The van der Waals surface area contributed by atoms with E-state index in [-0.39, 0.29) is 23.9 Å². The third kappa shape index (κ3) is 4.67. The molecule has 0 spiro atoms. The number of amides is 2. The SMILES string of the molecule is Cc1ccc(Cl)cc1NC(=O)Cn1cnc2sc(C(=O)Nc3ccccc3C)c(C)c2c1=O. The van der Waals surface area contributed by atoms with E-state index in [4.69, 9.17) is 11.6 Å². The zero-order valence-electron chi connectivity index (χ0n) is 18.2. The summed E-state index contributed by atoms with van der Waals surface area (Å²) in [6.45, 7) is 5.26. The van der Waals surface area contributed by atoms with E-state index in [9.17, 15) is 14.4 Å². The van der Waals surface area contributed by atoms with E-state index in [1.165, 1.54) is 10.9 Å². The fourth-order valence-electron chi connectivity index (χ4n) is 3.45. The van der Waals surface area contributed by atoms with Gasteiger partial charge in [0.2, 0.25) is 5.91 Å². The number of fused-ring (bicyclic) bond motifs is 1. The highest BCUT2D eigenvalue weighted by Gasteiger charge is 2.20. The van der Waals surface area contributed by atoms with Gasteiger partial charge in [0.25, 0.3) is 11.5 Å². The van der Waals surface area contributed by atoms with Gasteiger partial charge < -0.3 is 10.6 Å². The fourth-order valence-corrected chi connectivity index (χ4v) is 4.66. The number of halogens is 1. The molecule has 33 heavy (non-hydrogen) atoms. The number of nitrogens with one attached hydrogen (secondary N) is 2. The van der Waals surface area contributed by atoms with Gasteiger partial charge in [0.05, 0.1) is 16.6 Å². The second-order valence-electron chi connectivity index (χ2n) is 7.69. The van der Waals surface area contributed by atoms with Gasteiger partial charge in [0.1, 0.15) is 11.4 Å². The van der Waals surface area contributed by atoms with Crippen molar-refractivity contribution in [2.75, 3.05) is 10.6 Å². The quantitative estimate of drug-likeness (QED) is 0.423. The summed E-state index contributed by atoms with van der Waals surface area (Å²) in [4.78, 5) is 43.7. The normalized spacial score (nSPS) is 10.9. The Balaban J connectivity index is 1.60. The minimum Gasteiger partial charge on any atom is -0.324 e. The molecule has 0 fully saturated rings. The highest BCUT2D eigenvalue weighted by molar-refractivity contribution is 7.20. The smallest absolute Gasteiger partial charge is 0.266 e. The zero-order chi connectivity index (χ0) is 23.7. The lowest BCUT2D eigenvalue weighted by Crippen LogP contribution is -2.28. The van der Waals surface area contributed by atoms with E-state index in [1.54, 1.807) is 25.1 Å². The Bertz CT molecular complexity index is 1460. The number of nitrogens with zero attached hydrogens (tertiary/aromatic N) is 2. The van der Waals surface area contributed by atoms with Crippen LogP contribution in [0.5, 0.6) is 0 Å². The van der Waals surface area contributed by atoms with E-state index in [0.717, 1.165) is 22.5 Å². The Kier molecular flexibility index (Phi) is 6.31. The van der Waals surface area contributed by atoms with E-state index in [1.807, 2.05) is 38.1 Å². The van der Waals surface area contributed by atoms with Crippen molar-refractivity contribution < 1.29 is 9.59 Å². The van der Waals surface area contributed by atoms with Gasteiger partial charge in [-0.15, -0.1) is 11.3 Å². The van der Waals surface area contributed by atoms with Gasteiger partial charge >= 0.3 is 0 Å². The van der Waals surface area contributed by atoms with Gasteiger partial charge in [-0.05, 0) is 55.7 Å². The van der Waals surface area contributed by atoms with Crippen molar-refractivity contribution in [2.24, 2.45) is 0 Å². The van der Waals surface area contributed by atoms with Crippen LogP contribution >= 0.6 is 22.9 Å². The number of carbonyl (C=O) groups is 2. The molecule has 2 amide bonds. The van der Waals surface area contributed by atoms with Crippen LogP contribution in [0.2, 0.25) is 5.02 Å². The molecule has 0 saturated carbocycles. The second-order valence-corrected chi connectivity index (χ2v) is 9.13. The van der Waals surface area contributed by atoms with Crippen molar-refractivity contribution in [1.29, 1.82) is 0 Å². The molecule has 4 aromatic rings. The molecule has 0 bridgehead atoms. The molecule has 2 heterocycles. The number of benzene rings is 2. The molecule has 0 atom stereocenters. The van der Waals surface area contributed by atoms with E-state index in [2.05, 4.69) is 15.6 Å².